The van der Waals surface area contributed by atoms with Gasteiger partial charge in [-0.2, -0.15) is 0 Å². The van der Waals surface area contributed by atoms with E-state index in [0.29, 0.717) is 5.92 Å². The Kier molecular flexibility index (Phi) is 4.02. The van der Waals surface area contributed by atoms with Crippen LogP contribution in [-0.4, -0.2) is 34.5 Å². The van der Waals surface area contributed by atoms with E-state index in [1.807, 2.05) is 0 Å². The number of hydrogen-bond donors (Lipinski definition) is 2. The van der Waals surface area contributed by atoms with E-state index in [1.165, 1.54) is 58.9 Å². The molecule has 5 rings (SSSR count). The molecule has 0 unspecified atom stereocenters. The van der Waals surface area contributed by atoms with Crippen LogP contribution in [0.1, 0.15) is 29.9 Å². The lowest BCUT2D eigenvalue weighted by molar-refractivity contribution is 0.215. The maximum atomic E-state index is 3.40. The lowest BCUT2D eigenvalue weighted by Gasteiger charge is -2.32. The Balaban J connectivity index is 1.23. The Morgan fingerprint density at radius 2 is 1.65 bits per heavy atom. The van der Waals surface area contributed by atoms with Crippen molar-refractivity contribution in [1.82, 2.24) is 14.9 Å². The van der Waals surface area contributed by atoms with Crippen LogP contribution in [0.2, 0.25) is 0 Å². The van der Waals surface area contributed by atoms with E-state index in [0.717, 1.165) is 13.0 Å². The zero-order chi connectivity index (χ0) is 17.3. The first-order chi connectivity index (χ1) is 12.9. The second kappa shape index (κ2) is 6.65. The molecule has 0 radical (unpaired) electrons. The van der Waals surface area contributed by atoms with Crippen LogP contribution in [-0.2, 0) is 6.42 Å². The topological polar surface area (TPSA) is 34.8 Å². The first-order valence-corrected chi connectivity index (χ1v) is 9.72. The summed E-state index contributed by atoms with van der Waals surface area (Å²) >= 11 is 0. The largest absolute Gasteiger partial charge is 0.361 e. The summed E-state index contributed by atoms with van der Waals surface area (Å²) in [7, 11) is 0. The highest BCUT2D eigenvalue weighted by Gasteiger charge is 2.22. The molecule has 0 spiro atoms. The van der Waals surface area contributed by atoms with Crippen LogP contribution >= 0.6 is 0 Å². The van der Waals surface area contributed by atoms with Crippen molar-refractivity contribution >= 4 is 21.8 Å². The maximum Gasteiger partial charge on any atom is 0.0456 e. The smallest absolute Gasteiger partial charge is 0.0456 e. The Morgan fingerprint density at radius 3 is 2.58 bits per heavy atom. The number of aromatic amines is 2. The normalized spacial score (nSPS) is 16.6. The fourth-order valence-electron chi connectivity index (χ4n) is 4.55. The van der Waals surface area contributed by atoms with Gasteiger partial charge in [0.2, 0.25) is 0 Å². The van der Waals surface area contributed by atoms with Gasteiger partial charge in [0.1, 0.15) is 0 Å². The van der Waals surface area contributed by atoms with E-state index in [1.54, 1.807) is 0 Å². The van der Waals surface area contributed by atoms with Gasteiger partial charge in [-0.3, -0.25) is 0 Å². The highest BCUT2D eigenvalue weighted by Crippen LogP contribution is 2.33. The summed E-state index contributed by atoms with van der Waals surface area (Å²) in [6.07, 6.45) is 7.90. The number of H-pyrrole nitrogens is 2. The van der Waals surface area contributed by atoms with E-state index in [2.05, 4.69) is 75.8 Å². The summed E-state index contributed by atoms with van der Waals surface area (Å²) in [5, 5.41) is 2.78. The SMILES string of the molecule is c1ccc2c(CCN3CCC(c4cccc5[nH]ccc45)CC3)c[nH]c2c1. The van der Waals surface area contributed by atoms with Crippen molar-refractivity contribution < 1.29 is 0 Å². The van der Waals surface area contributed by atoms with E-state index in [-0.39, 0.29) is 0 Å². The average Bonchev–Trinajstić information content (AvgIpc) is 3.33. The second-order valence-electron chi connectivity index (χ2n) is 7.51. The molecule has 1 saturated heterocycles. The molecule has 132 valence electrons. The minimum absolute atomic E-state index is 0.693. The van der Waals surface area contributed by atoms with Crippen molar-refractivity contribution in [2.45, 2.75) is 25.2 Å². The van der Waals surface area contributed by atoms with E-state index < -0.39 is 0 Å². The van der Waals surface area contributed by atoms with Crippen molar-refractivity contribution in [3.05, 3.63) is 72.1 Å². The first kappa shape index (κ1) is 15.7. The predicted octanol–water partition coefficient (Wildman–Crippen LogP) is 5.07. The molecule has 1 aliphatic heterocycles. The maximum absolute atomic E-state index is 3.40. The highest BCUT2D eigenvalue weighted by atomic mass is 15.1. The third-order valence-corrected chi connectivity index (χ3v) is 6.03. The molecule has 2 aromatic carbocycles. The predicted molar refractivity (Wildman–Crippen MR) is 109 cm³/mol. The Hall–Kier alpha value is -2.52. The van der Waals surface area contributed by atoms with Gasteiger partial charge in [0.15, 0.2) is 0 Å². The molecule has 0 bridgehead atoms. The number of fused-ring (bicyclic) bond motifs is 2. The molecule has 4 aromatic rings. The highest BCUT2D eigenvalue weighted by molar-refractivity contribution is 5.84. The Labute approximate surface area is 154 Å². The Bertz CT molecular complexity index is 1020. The van der Waals surface area contributed by atoms with Gasteiger partial charge in [0, 0.05) is 40.7 Å². The lowest BCUT2D eigenvalue weighted by Crippen LogP contribution is -2.34. The molecule has 26 heavy (non-hydrogen) atoms. The minimum Gasteiger partial charge on any atom is -0.361 e. The van der Waals surface area contributed by atoms with Gasteiger partial charge in [-0.25, -0.2) is 0 Å². The first-order valence-electron chi connectivity index (χ1n) is 9.72. The van der Waals surface area contributed by atoms with Gasteiger partial charge in [-0.05, 0) is 67.6 Å². The van der Waals surface area contributed by atoms with Gasteiger partial charge >= 0.3 is 0 Å². The summed E-state index contributed by atoms with van der Waals surface area (Å²) < 4.78 is 0. The summed E-state index contributed by atoms with van der Waals surface area (Å²) in [6, 6.07) is 17.5. The van der Waals surface area contributed by atoms with Gasteiger partial charge in [-0.15, -0.1) is 0 Å². The number of likely N-dealkylation sites (tertiary alicyclic amines) is 1. The molecule has 1 aliphatic rings. The second-order valence-corrected chi connectivity index (χ2v) is 7.51. The molecule has 3 heterocycles. The molecular formula is C23H25N3. The van der Waals surface area contributed by atoms with Gasteiger partial charge in [-0.1, -0.05) is 30.3 Å². The number of nitrogens with zero attached hydrogens (tertiary/aromatic N) is 1. The number of nitrogens with one attached hydrogen (secondary N) is 2. The van der Waals surface area contributed by atoms with Crippen molar-refractivity contribution in [3.63, 3.8) is 0 Å². The van der Waals surface area contributed by atoms with Crippen molar-refractivity contribution in [2.24, 2.45) is 0 Å². The van der Waals surface area contributed by atoms with Crippen LogP contribution < -0.4 is 0 Å². The van der Waals surface area contributed by atoms with Crippen molar-refractivity contribution in [1.29, 1.82) is 0 Å². The van der Waals surface area contributed by atoms with Crippen LogP contribution in [0.3, 0.4) is 0 Å². The van der Waals surface area contributed by atoms with Crippen LogP contribution in [0.4, 0.5) is 0 Å². The van der Waals surface area contributed by atoms with Crippen LogP contribution in [0, 0.1) is 0 Å². The molecule has 2 aromatic heterocycles. The van der Waals surface area contributed by atoms with Gasteiger partial charge < -0.3 is 14.9 Å². The number of piperidine rings is 1. The van der Waals surface area contributed by atoms with Crippen LogP contribution in [0.25, 0.3) is 21.8 Å². The third-order valence-electron chi connectivity index (χ3n) is 6.03. The number of hydrogen-bond acceptors (Lipinski definition) is 1. The van der Waals surface area contributed by atoms with Crippen molar-refractivity contribution in [2.75, 3.05) is 19.6 Å². The van der Waals surface area contributed by atoms with E-state index in [9.17, 15) is 0 Å². The monoisotopic (exact) mass is 343 g/mol. The molecule has 0 aliphatic carbocycles. The zero-order valence-electron chi connectivity index (χ0n) is 15.0. The van der Waals surface area contributed by atoms with Gasteiger partial charge in [0.25, 0.3) is 0 Å². The molecule has 0 atom stereocenters. The van der Waals surface area contributed by atoms with Crippen LogP contribution in [0.5, 0.6) is 0 Å². The minimum atomic E-state index is 0.693. The molecule has 3 nitrogen and oxygen atoms in total. The quantitative estimate of drug-likeness (QED) is 0.533. The number of para-hydroxylation sites is 1. The molecule has 2 N–H and O–H groups in total. The van der Waals surface area contributed by atoms with Crippen molar-refractivity contribution in [3.8, 4) is 0 Å². The Morgan fingerprint density at radius 1 is 0.846 bits per heavy atom. The van der Waals surface area contributed by atoms with E-state index >= 15 is 0 Å². The fourth-order valence-corrected chi connectivity index (χ4v) is 4.55. The average molecular weight is 343 g/mol. The summed E-state index contributed by atoms with van der Waals surface area (Å²) in [6.45, 7) is 3.56. The molecule has 1 fully saturated rings. The molecular weight excluding hydrogens is 318 g/mol. The number of benzene rings is 2. The summed E-state index contributed by atoms with van der Waals surface area (Å²) in [5.41, 5.74) is 5.49. The number of aromatic nitrogens is 2. The standard InChI is InChI=1S/C23H25N3/c1-2-6-22-20(4-1)18(16-25-22)11-15-26-13-9-17(10-14-26)19-5-3-7-23-21(19)8-12-24-23/h1-8,12,16-17,24-25H,9-11,13-15H2. The third kappa shape index (κ3) is 2.82. The molecule has 0 saturated carbocycles. The lowest BCUT2D eigenvalue weighted by atomic mass is 9.87. The summed E-state index contributed by atoms with van der Waals surface area (Å²) in [5.74, 6) is 0.693. The molecule has 0 amide bonds. The number of rotatable bonds is 4. The van der Waals surface area contributed by atoms with Gasteiger partial charge in [0.05, 0.1) is 0 Å². The molecule has 3 heteroatoms. The zero-order valence-corrected chi connectivity index (χ0v) is 15.0. The fraction of sp³-hybridized carbons (Fsp3) is 0.304. The van der Waals surface area contributed by atoms with Crippen LogP contribution in [0.15, 0.2) is 60.9 Å². The van der Waals surface area contributed by atoms with E-state index in [4.69, 9.17) is 0 Å². The summed E-state index contributed by atoms with van der Waals surface area (Å²) in [4.78, 5) is 9.38.